The van der Waals surface area contributed by atoms with Gasteiger partial charge in [0.25, 0.3) is 0 Å². The fraction of sp³-hybridized carbons (Fsp3) is 0.905. The summed E-state index contributed by atoms with van der Waals surface area (Å²) >= 11 is 0. The number of carbonyl (C=O) groups is 2. The lowest BCUT2D eigenvalue weighted by Gasteiger charge is -2.38. The normalized spacial score (nSPS) is 14.2. The van der Waals surface area contributed by atoms with Crippen molar-refractivity contribution in [1.82, 2.24) is 9.80 Å². The van der Waals surface area contributed by atoms with Crippen molar-refractivity contribution in [3.63, 3.8) is 0 Å². The summed E-state index contributed by atoms with van der Waals surface area (Å²) < 4.78 is 11.5. The average Bonchev–Trinajstić information content (AvgIpc) is 3.06. The van der Waals surface area contributed by atoms with Crippen LogP contribution in [0.3, 0.4) is 0 Å². The van der Waals surface area contributed by atoms with Crippen molar-refractivity contribution in [3.8, 4) is 0 Å². The largest absolute Gasteiger partial charge is 0.462 e. The maximum absolute atomic E-state index is 13.0. The second-order valence-corrected chi connectivity index (χ2v) is 14.6. The molecule has 0 heterocycles. The molecule has 1 aliphatic rings. The molecule has 0 radical (unpaired) electrons. The van der Waals surface area contributed by atoms with Crippen LogP contribution in [0.25, 0.3) is 0 Å². The van der Waals surface area contributed by atoms with Crippen molar-refractivity contribution >= 4 is 11.9 Å². The smallest absolute Gasteiger partial charge is 0.306 e. The summed E-state index contributed by atoms with van der Waals surface area (Å²) in [6, 6.07) is 0.604. The van der Waals surface area contributed by atoms with Gasteiger partial charge in [-0.25, -0.2) is 0 Å². The summed E-state index contributed by atoms with van der Waals surface area (Å²) in [5.74, 6) is -0.140. The number of carbonyl (C=O) groups excluding carboxylic acids is 2. The van der Waals surface area contributed by atoms with Crippen molar-refractivity contribution in [2.45, 2.75) is 200 Å². The molecule has 0 aliphatic heterocycles. The minimum Gasteiger partial charge on any atom is -0.462 e. The van der Waals surface area contributed by atoms with E-state index in [1.54, 1.807) is 0 Å². The van der Waals surface area contributed by atoms with Crippen LogP contribution in [0.5, 0.6) is 0 Å². The molecule has 1 rings (SSSR count). The van der Waals surface area contributed by atoms with E-state index in [4.69, 9.17) is 9.47 Å². The van der Waals surface area contributed by atoms with Gasteiger partial charge in [-0.2, -0.15) is 0 Å². The number of aliphatic hydroxyl groups is 1. The zero-order chi connectivity index (χ0) is 35.6. The van der Waals surface area contributed by atoms with Gasteiger partial charge in [-0.15, -0.1) is 0 Å². The molecule has 0 aromatic carbocycles. The molecular weight excluding hydrogens is 612 g/mol. The van der Waals surface area contributed by atoms with Crippen LogP contribution in [-0.4, -0.2) is 84.9 Å². The van der Waals surface area contributed by atoms with Crippen LogP contribution in [-0.2, 0) is 19.1 Å². The van der Waals surface area contributed by atoms with Gasteiger partial charge in [0, 0.05) is 38.5 Å². The Kier molecular flexibility index (Phi) is 31.3. The van der Waals surface area contributed by atoms with Crippen LogP contribution in [0, 0.1) is 0 Å². The van der Waals surface area contributed by atoms with Gasteiger partial charge in [0.05, 0.1) is 6.61 Å². The number of ether oxygens (including phenoxy) is 2. The first kappa shape index (κ1) is 45.6. The highest BCUT2D eigenvalue weighted by Gasteiger charge is 2.24. The van der Waals surface area contributed by atoms with E-state index < -0.39 is 0 Å². The van der Waals surface area contributed by atoms with E-state index in [-0.39, 0.29) is 24.6 Å². The zero-order valence-electron chi connectivity index (χ0n) is 32.6. The summed E-state index contributed by atoms with van der Waals surface area (Å²) in [6.45, 7) is 11.8. The van der Waals surface area contributed by atoms with Gasteiger partial charge in [0.2, 0.25) is 0 Å². The van der Waals surface area contributed by atoms with Crippen LogP contribution in [0.2, 0.25) is 0 Å². The lowest BCUT2D eigenvalue weighted by atomic mass is 9.91. The molecule has 0 spiro atoms. The topological polar surface area (TPSA) is 79.3 Å². The number of esters is 2. The summed E-state index contributed by atoms with van der Waals surface area (Å²) in [7, 11) is 0. The van der Waals surface area contributed by atoms with Crippen molar-refractivity contribution < 1.29 is 24.2 Å². The summed E-state index contributed by atoms with van der Waals surface area (Å²) in [5.41, 5.74) is 0. The van der Waals surface area contributed by atoms with Crippen molar-refractivity contribution in [2.24, 2.45) is 0 Å². The second-order valence-electron chi connectivity index (χ2n) is 14.6. The Labute approximate surface area is 303 Å². The molecule has 1 saturated carbocycles. The highest BCUT2D eigenvalue weighted by atomic mass is 16.5. The highest BCUT2D eigenvalue weighted by Crippen LogP contribution is 2.24. The van der Waals surface area contributed by atoms with E-state index in [0.29, 0.717) is 25.5 Å². The molecule has 0 amide bonds. The van der Waals surface area contributed by atoms with Crippen molar-refractivity contribution in [3.05, 3.63) is 12.2 Å². The second kappa shape index (κ2) is 33.7. The van der Waals surface area contributed by atoms with E-state index in [1.807, 2.05) is 6.08 Å². The Hall–Kier alpha value is -1.44. The van der Waals surface area contributed by atoms with E-state index >= 15 is 0 Å². The first-order chi connectivity index (χ1) is 24.0. The van der Waals surface area contributed by atoms with Crippen LogP contribution in [0.1, 0.15) is 188 Å². The number of hydrogen-bond acceptors (Lipinski definition) is 7. The average molecular weight is 693 g/mol. The van der Waals surface area contributed by atoms with Gasteiger partial charge in [0.1, 0.15) is 12.7 Å². The summed E-state index contributed by atoms with van der Waals surface area (Å²) in [4.78, 5) is 30.1. The molecule has 0 saturated heterocycles. The molecular formula is C42H80N2O5. The molecule has 288 valence electrons. The quantitative estimate of drug-likeness (QED) is 0.0398. The lowest BCUT2D eigenvalue weighted by Crippen LogP contribution is -2.45. The molecule has 49 heavy (non-hydrogen) atoms. The van der Waals surface area contributed by atoms with Gasteiger partial charge in [-0.1, -0.05) is 116 Å². The SMILES string of the molecule is CCCCCC/C=C\COC(=O)CCCCCN(CCCC(=O)OC(CCCCCC)CCCCCCCC)CCN(CCO)C1CCC1. The van der Waals surface area contributed by atoms with Gasteiger partial charge < -0.3 is 19.5 Å². The molecule has 1 fully saturated rings. The Morgan fingerprint density at radius 3 is 1.90 bits per heavy atom. The first-order valence-corrected chi connectivity index (χ1v) is 21.1. The van der Waals surface area contributed by atoms with Crippen LogP contribution >= 0.6 is 0 Å². The van der Waals surface area contributed by atoms with Gasteiger partial charge in [-0.3, -0.25) is 14.5 Å². The minimum atomic E-state index is -0.105. The predicted octanol–water partition coefficient (Wildman–Crippen LogP) is 10.2. The molecule has 1 aliphatic carbocycles. The third-order valence-corrected chi connectivity index (χ3v) is 10.2. The summed E-state index contributed by atoms with van der Waals surface area (Å²) in [5, 5.41) is 9.65. The van der Waals surface area contributed by atoms with Gasteiger partial charge >= 0.3 is 11.9 Å². The van der Waals surface area contributed by atoms with Crippen molar-refractivity contribution in [2.75, 3.05) is 45.9 Å². The highest BCUT2D eigenvalue weighted by molar-refractivity contribution is 5.69. The molecule has 1 N–H and O–H groups in total. The standard InChI is InChI=1S/C42H80N2O5/c1-4-7-10-13-15-17-23-38-48-41(46)30-21-18-22-32-43(34-35-44(36-37-45)39-26-24-27-39)33-25-31-42(47)49-40(28-19-12-9-6-3)29-20-16-14-11-8-5-2/h17,23,39-40,45H,4-16,18-22,24-38H2,1-3H3/b23-17-. The third kappa shape index (κ3) is 27.0. The maximum Gasteiger partial charge on any atom is 0.306 e. The van der Waals surface area contributed by atoms with Crippen LogP contribution in [0.4, 0.5) is 0 Å². The van der Waals surface area contributed by atoms with Gasteiger partial charge in [-0.05, 0) is 83.7 Å². The van der Waals surface area contributed by atoms with E-state index in [9.17, 15) is 14.7 Å². The minimum absolute atomic E-state index is 0.0346. The predicted molar refractivity (Wildman–Crippen MR) is 206 cm³/mol. The Balaban J connectivity index is 2.48. The maximum atomic E-state index is 13.0. The Bertz CT molecular complexity index is 787. The molecule has 1 unspecified atom stereocenters. The Morgan fingerprint density at radius 2 is 1.24 bits per heavy atom. The molecule has 0 aromatic heterocycles. The number of allylic oxidation sites excluding steroid dienone is 1. The van der Waals surface area contributed by atoms with Gasteiger partial charge in [0.15, 0.2) is 0 Å². The fourth-order valence-corrected chi connectivity index (χ4v) is 6.74. The number of hydrogen-bond donors (Lipinski definition) is 1. The van der Waals surface area contributed by atoms with Crippen molar-refractivity contribution in [1.29, 1.82) is 0 Å². The molecule has 7 heteroatoms. The number of nitrogens with zero attached hydrogens (tertiary/aromatic N) is 2. The van der Waals surface area contributed by atoms with E-state index in [1.165, 1.54) is 96.3 Å². The molecule has 0 aromatic rings. The number of unbranched alkanes of at least 4 members (excludes halogenated alkanes) is 14. The summed E-state index contributed by atoms with van der Waals surface area (Å²) in [6.07, 6.45) is 33.0. The number of aliphatic hydroxyl groups excluding tert-OH is 1. The zero-order valence-corrected chi connectivity index (χ0v) is 32.6. The van der Waals surface area contributed by atoms with E-state index in [0.717, 1.165) is 90.5 Å². The Morgan fingerprint density at radius 1 is 0.653 bits per heavy atom. The van der Waals surface area contributed by atoms with Crippen LogP contribution < -0.4 is 0 Å². The third-order valence-electron chi connectivity index (χ3n) is 10.2. The lowest BCUT2D eigenvalue weighted by molar-refractivity contribution is -0.150. The molecule has 7 nitrogen and oxygen atoms in total. The number of rotatable bonds is 36. The molecule has 0 bridgehead atoms. The first-order valence-electron chi connectivity index (χ1n) is 21.1. The molecule has 1 atom stereocenters. The van der Waals surface area contributed by atoms with Crippen LogP contribution in [0.15, 0.2) is 12.2 Å². The monoisotopic (exact) mass is 693 g/mol. The van der Waals surface area contributed by atoms with E-state index in [2.05, 4.69) is 36.6 Å². The fourth-order valence-electron chi connectivity index (χ4n) is 6.74.